The lowest BCUT2D eigenvalue weighted by molar-refractivity contribution is 0.249. The number of nitrogens with zero attached hydrogens (tertiary/aromatic N) is 4. The van der Waals surface area contributed by atoms with Crippen LogP contribution >= 0.6 is 0 Å². The summed E-state index contributed by atoms with van der Waals surface area (Å²) in [6, 6.07) is 8.30. The molecule has 0 bridgehead atoms. The fraction of sp³-hybridized carbons (Fsp3) is 0.375. The van der Waals surface area contributed by atoms with Crippen molar-refractivity contribution < 1.29 is 0 Å². The molecule has 2 aromatic rings. The highest BCUT2D eigenvalue weighted by atomic mass is 15.3. The van der Waals surface area contributed by atoms with Gasteiger partial charge in [0.2, 0.25) is 0 Å². The molecule has 3 heterocycles. The number of piperazine rings is 1. The Kier molecular flexibility index (Phi) is 4.43. The lowest BCUT2D eigenvalue weighted by Gasteiger charge is -2.35. The Hall–Kier alpha value is -1.98. The fourth-order valence-electron chi connectivity index (χ4n) is 2.61. The van der Waals surface area contributed by atoms with E-state index in [2.05, 4.69) is 44.0 Å². The van der Waals surface area contributed by atoms with E-state index in [9.17, 15) is 0 Å². The van der Waals surface area contributed by atoms with Gasteiger partial charge in [-0.2, -0.15) is 0 Å². The summed E-state index contributed by atoms with van der Waals surface area (Å²) in [7, 11) is 0. The van der Waals surface area contributed by atoms with Crippen LogP contribution in [0.4, 0.5) is 5.82 Å². The van der Waals surface area contributed by atoms with Gasteiger partial charge in [-0.15, -0.1) is 0 Å². The maximum absolute atomic E-state index is 5.61. The summed E-state index contributed by atoms with van der Waals surface area (Å²) in [6.45, 7) is 5.69. The highest BCUT2D eigenvalue weighted by molar-refractivity contribution is 5.39. The highest BCUT2D eigenvalue weighted by Gasteiger charge is 2.17. The van der Waals surface area contributed by atoms with Gasteiger partial charge < -0.3 is 10.6 Å². The molecule has 2 aromatic heterocycles. The Morgan fingerprint density at radius 1 is 0.952 bits per heavy atom. The van der Waals surface area contributed by atoms with Crippen LogP contribution < -0.4 is 10.6 Å². The summed E-state index contributed by atoms with van der Waals surface area (Å²) in [5.41, 5.74) is 8.01. The molecule has 2 N–H and O–H groups in total. The van der Waals surface area contributed by atoms with Crippen LogP contribution in [-0.2, 0) is 13.1 Å². The quantitative estimate of drug-likeness (QED) is 0.915. The summed E-state index contributed by atoms with van der Waals surface area (Å²) >= 11 is 0. The molecule has 1 fully saturated rings. The summed E-state index contributed by atoms with van der Waals surface area (Å²) < 4.78 is 0. The molecule has 1 aliphatic heterocycles. The first-order valence-electron chi connectivity index (χ1n) is 7.36. The van der Waals surface area contributed by atoms with Crippen LogP contribution in [0.1, 0.15) is 11.1 Å². The Labute approximate surface area is 125 Å². The van der Waals surface area contributed by atoms with Crippen molar-refractivity contribution >= 4 is 5.82 Å². The molecule has 3 rings (SSSR count). The van der Waals surface area contributed by atoms with Crippen LogP contribution in [0.25, 0.3) is 0 Å². The van der Waals surface area contributed by atoms with Gasteiger partial charge in [0, 0.05) is 57.9 Å². The Bertz CT molecular complexity index is 547. The smallest absolute Gasteiger partial charge is 0.128 e. The molecule has 0 saturated carbocycles. The van der Waals surface area contributed by atoms with Crippen LogP contribution in [0.2, 0.25) is 0 Å². The number of hydrogen-bond donors (Lipinski definition) is 1. The van der Waals surface area contributed by atoms with E-state index in [1.165, 1.54) is 5.56 Å². The van der Waals surface area contributed by atoms with Crippen molar-refractivity contribution in [3.05, 3.63) is 54.0 Å². The number of nitrogens with two attached hydrogens (primary N) is 1. The first-order chi connectivity index (χ1) is 10.3. The first kappa shape index (κ1) is 14.0. The van der Waals surface area contributed by atoms with Crippen molar-refractivity contribution in [2.24, 2.45) is 5.73 Å². The summed E-state index contributed by atoms with van der Waals surface area (Å²) in [4.78, 5) is 13.4. The van der Waals surface area contributed by atoms with Crippen LogP contribution in [0, 0.1) is 0 Å². The van der Waals surface area contributed by atoms with Gasteiger partial charge in [0.05, 0.1) is 0 Å². The van der Waals surface area contributed by atoms with Gasteiger partial charge >= 0.3 is 0 Å². The Balaban J connectivity index is 1.54. The zero-order valence-corrected chi connectivity index (χ0v) is 12.2. The molecule has 0 amide bonds. The van der Waals surface area contributed by atoms with Gasteiger partial charge in [-0.05, 0) is 29.3 Å². The number of aromatic nitrogens is 2. The minimum absolute atomic E-state index is 0.549. The van der Waals surface area contributed by atoms with Gasteiger partial charge in [-0.3, -0.25) is 9.88 Å². The molecule has 0 unspecified atom stereocenters. The predicted octanol–water partition coefficient (Wildman–Crippen LogP) is 1.26. The largest absolute Gasteiger partial charge is 0.354 e. The van der Waals surface area contributed by atoms with Crippen LogP contribution in [-0.4, -0.2) is 41.0 Å². The predicted molar refractivity (Wildman–Crippen MR) is 83.9 cm³/mol. The molecule has 21 heavy (non-hydrogen) atoms. The monoisotopic (exact) mass is 283 g/mol. The van der Waals surface area contributed by atoms with Crippen LogP contribution in [0.3, 0.4) is 0 Å². The van der Waals surface area contributed by atoms with E-state index in [0.717, 1.165) is 44.1 Å². The normalized spacial score (nSPS) is 16.1. The Morgan fingerprint density at radius 2 is 1.71 bits per heavy atom. The van der Waals surface area contributed by atoms with Crippen molar-refractivity contribution in [3.8, 4) is 0 Å². The lowest BCUT2D eigenvalue weighted by atomic mass is 10.2. The molecule has 0 aliphatic carbocycles. The van der Waals surface area contributed by atoms with E-state index >= 15 is 0 Å². The zero-order valence-electron chi connectivity index (χ0n) is 12.2. The van der Waals surface area contributed by atoms with E-state index in [1.807, 2.05) is 18.6 Å². The third kappa shape index (κ3) is 3.56. The minimum atomic E-state index is 0.549. The van der Waals surface area contributed by atoms with Crippen molar-refractivity contribution in [3.63, 3.8) is 0 Å². The van der Waals surface area contributed by atoms with Gasteiger partial charge in [0.1, 0.15) is 5.82 Å². The minimum Gasteiger partial charge on any atom is -0.354 e. The third-order valence-corrected chi connectivity index (χ3v) is 3.90. The average molecular weight is 283 g/mol. The van der Waals surface area contributed by atoms with Gasteiger partial charge in [-0.25, -0.2) is 4.98 Å². The second-order valence-corrected chi connectivity index (χ2v) is 5.35. The fourth-order valence-corrected chi connectivity index (χ4v) is 2.61. The van der Waals surface area contributed by atoms with Gasteiger partial charge in [-0.1, -0.05) is 6.07 Å². The summed E-state index contributed by atoms with van der Waals surface area (Å²) in [6.07, 6.45) is 5.59. The van der Waals surface area contributed by atoms with Crippen LogP contribution in [0.15, 0.2) is 42.9 Å². The van der Waals surface area contributed by atoms with Crippen molar-refractivity contribution in [2.45, 2.75) is 13.1 Å². The number of pyridine rings is 2. The number of rotatable bonds is 4. The van der Waals surface area contributed by atoms with Gasteiger partial charge in [0.25, 0.3) is 0 Å². The van der Waals surface area contributed by atoms with E-state index in [1.54, 1.807) is 0 Å². The molecular weight excluding hydrogens is 262 g/mol. The molecule has 110 valence electrons. The van der Waals surface area contributed by atoms with Crippen molar-refractivity contribution in [1.29, 1.82) is 0 Å². The van der Waals surface area contributed by atoms with E-state index < -0.39 is 0 Å². The molecule has 0 radical (unpaired) electrons. The molecule has 0 atom stereocenters. The average Bonchev–Trinajstić information content (AvgIpc) is 2.57. The summed E-state index contributed by atoms with van der Waals surface area (Å²) in [5.74, 6) is 1.05. The van der Waals surface area contributed by atoms with Crippen molar-refractivity contribution in [1.82, 2.24) is 14.9 Å². The molecule has 5 heteroatoms. The molecule has 5 nitrogen and oxygen atoms in total. The maximum atomic E-state index is 5.61. The molecule has 1 saturated heterocycles. The Morgan fingerprint density at radius 3 is 2.33 bits per heavy atom. The van der Waals surface area contributed by atoms with Crippen molar-refractivity contribution in [2.75, 3.05) is 31.1 Å². The second kappa shape index (κ2) is 6.65. The topological polar surface area (TPSA) is 58.3 Å². The highest BCUT2D eigenvalue weighted by Crippen LogP contribution is 2.15. The first-order valence-corrected chi connectivity index (χ1v) is 7.36. The molecule has 1 aliphatic rings. The van der Waals surface area contributed by atoms with E-state index in [0.29, 0.717) is 6.54 Å². The second-order valence-electron chi connectivity index (χ2n) is 5.35. The third-order valence-electron chi connectivity index (χ3n) is 3.90. The molecule has 0 aromatic carbocycles. The lowest BCUT2D eigenvalue weighted by Crippen LogP contribution is -2.46. The van der Waals surface area contributed by atoms with Crippen LogP contribution in [0.5, 0.6) is 0 Å². The number of hydrogen-bond acceptors (Lipinski definition) is 5. The molecule has 0 spiro atoms. The maximum Gasteiger partial charge on any atom is 0.128 e. The van der Waals surface area contributed by atoms with E-state index in [-0.39, 0.29) is 0 Å². The van der Waals surface area contributed by atoms with E-state index in [4.69, 9.17) is 5.73 Å². The standard InChI is InChI=1S/C16H21N5/c17-11-15-1-2-16(19-12-15)21-9-7-20(8-10-21)13-14-3-5-18-6-4-14/h1-6,12H,7-11,13,17H2. The number of anilines is 1. The van der Waals surface area contributed by atoms with Gasteiger partial charge in [0.15, 0.2) is 0 Å². The molecular formula is C16H21N5. The SMILES string of the molecule is NCc1ccc(N2CCN(Cc3ccncc3)CC2)nc1. The summed E-state index contributed by atoms with van der Waals surface area (Å²) in [5, 5.41) is 0. The zero-order chi connectivity index (χ0) is 14.5.